The second-order valence-electron chi connectivity index (χ2n) is 4.75. The molecule has 1 aromatic heterocycles. The molecule has 0 saturated heterocycles. The lowest BCUT2D eigenvalue weighted by Gasteiger charge is -2.04. The number of aromatic nitrogens is 1. The summed E-state index contributed by atoms with van der Waals surface area (Å²) >= 11 is 0.690. The molecule has 6 heteroatoms. The van der Waals surface area contributed by atoms with E-state index in [9.17, 15) is 19.5 Å². The van der Waals surface area contributed by atoms with Crippen LogP contribution in [0, 0.1) is 0 Å². The number of hydrogen-bond acceptors (Lipinski definition) is 4. The maximum absolute atomic E-state index is 11.9. The standard InChI is InChI=1S/C15H7NO4S/c17-12-8-5-7-6-3-1-2-4-9(6)16-11(7)10(14(18)19)13(8)21-15(12)20/h1-5,16H,(H,18,19). The molecule has 3 aromatic rings. The number of rotatable bonds is 1. The first-order valence-electron chi connectivity index (χ1n) is 6.15. The normalized spacial score (nSPS) is 14.1. The minimum Gasteiger partial charge on any atom is -0.478 e. The Labute approximate surface area is 121 Å². The monoisotopic (exact) mass is 297 g/mol. The number of aromatic carboxylic acids is 1. The molecule has 0 bridgehead atoms. The number of carbonyl (C=O) groups excluding carboxylic acids is 2. The first kappa shape index (κ1) is 12.2. The minimum absolute atomic E-state index is 0.0112. The molecule has 2 N–H and O–H groups in total. The van der Waals surface area contributed by atoms with Gasteiger partial charge in [-0.25, -0.2) is 4.79 Å². The van der Waals surface area contributed by atoms with Gasteiger partial charge in [0, 0.05) is 26.7 Å². The van der Waals surface area contributed by atoms with Crippen molar-refractivity contribution in [3.8, 4) is 0 Å². The smallest absolute Gasteiger partial charge is 0.339 e. The number of ketones is 1. The molecular weight excluding hydrogens is 290 g/mol. The van der Waals surface area contributed by atoms with Gasteiger partial charge in [0.05, 0.1) is 11.1 Å². The fraction of sp³-hybridized carbons (Fsp3) is 0. The lowest BCUT2D eigenvalue weighted by atomic mass is 10.0. The van der Waals surface area contributed by atoms with E-state index in [2.05, 4.69) is 4.98 Å². The molecule has 21 heavy (non-hydrogen) atoms. The minimum atomic E-state index is -1.15. The summed E-state index contributed by atoms with van der Waals surface area (Å²) in [5.41, 5.74) is 1.41. The molecule has 0 saturated carbocycles. The molecule has 4 rings (SSSR count). The summed E-state index contributed by atoms with van der Waals surface area (Å²) < 4.78 is 0. The highest BCUT2D eigenvalue weighted by atomic mass is 32.2. The number of nitrogens with one attached hydrogen (secondary N) is 1. The Hall–Kier alpha value is -2.60. The number of carboxylic acids is 1. The van der Waals surface area contributed by atoms with E-state index in [-0.39, 0.29) is 16.0 Å². The first-order valence-corrected chi connectivity index (χ1v) is 6.97. The number of benzene rings is 2. The molecule has 0 unspecified atom stereocenters. The van der Waals surface area contributed by atoms with Crippen LogP contribution in [-0.4, -0.2) is 27.0 Å². The molecule has 1 aliphatic rings. The fourth-order valence-corrected chi connectivity index (χ4v) is 3.64. The van der Waals surface area contributed by atoms with Gasteiger partial charge in [0.1, 0.15) is 0 Å². The van der Waals surface area contributed by atoms with Gasteiger partial charge in [-0.3, -0.25) is 9.59 Å². The van der Waals surface area contributed by atoms with Crippen molar-refractivity contribution in [2.45, 2.75) is 4.90 Å². The summed E-state index contributed by atoms with van der Waals surface area (Å²) in [4.78, 5) is 38.4. The van der Waals surface area contributed by atoms with E-state index in [1.165, 1.54) is 0 Å². The van der Waals surface area contributed by atoms with E-state index in [0.717, 1.165) is 10.9 Å². The van der Waals surface area contributed by atoms with Gasteiger partial charge in [0.25, 0.3) is 5.12 Å². The third-order valence-electron chi connectivity index (χ3n) is 3.60. The van der Waals surface area contributed by atoms with E-state index in [4.69, 9.17) is 0 Å². The third kappa shape index (κ3) is 1.50. The molecule has 2 heterocycles. The molecule has 5 nitrogen and oxygen atoms in total. The number of aromatic amines is 1. The van der Waals surface area contributed by atoms with Crippen molar-refractivity contribution in [3.05, 3.63) is 41.5 Å². The maximum Gasteiger partial charge on any atom is 0.339 e. The number of hydrogen-bond donors (Lipinski definition) is 2. The number of H-pyrrole nitrogens is 1. The van der Waals surface area contributed by atoms with E-state index in [0.29, 0.717) is 22.7 Å². The van der Waals surface area contributed by atoms with Gasteiger partial charge >= 0.3 is 5.97 Å². The average molecular weight is 297 g/mol. The topological polar surface area (TPSA) is 87.2 Å². The van der Waals surface area contributed by atoms with Crippen LogP contribution in [0.4, 0.5) is 0 Å². The summed E-state index contributed by atoms with van der Waals surface area (Å²) in [7, 11) is 0. The summed E-state index contributed by atoms with van der Waals surface area (Å²) in [6, 6.07) is 8.98. The molecule has 1 aliphatic heterocycles. The molecule has 2 aromatic carbocycles. The molecule has 0 amide bonds. The third-order valence-corrected chi connectivity index (χ3v) is 4.59. The predicted molar refractivity (Wildman–Crippen MR) is 78.0 cm³/mol. The highest BCUT2D eigenvalue weighted by Crippen LogP contribution is 2.41. The van der Waals surface area contributed by atoms with Crippen LogP contribution < -0.4 is 0 Å². The van der Waals surface area contributed by atoms with Crippen LogP contribution >= 0.6 is 11.8 Å². The second-order valence-corrected chi connectivity index (χ2v) is 5.73. The van der Waals surface area contributed by atoms with Crippen LogP contribution in [0.15, 0.2) is 35.2 Å². The quantitative estimate of drug-likeness (QED) is 0.674. The van der Waals surface area contributed by atoms with Gasteiger partial charge in [-0.2, -0.15) is 0 Å². The van der Waals surface area contributed by atoms with Crippen molar-refractivity contribution in [3.63, 3.8) is 0 Å². The number of Topliss-reactive ketones (excluding diaryl/α,β-unsaturated/α-hetero) is 1. The van der Waals surface area contributed by atoms with Crippen molar-refractivity contribution < 1.29 is 19.5 Å². The van der Waals surface area contributed by atoms with Crippen LogP contribution in [0.5, 0.6) is 0 Å². The van der Waals surface area contributed by atoms with E-state index in [1.807, 2.05) is 24.3 Å². The lowest BCUT2D eigenvalue weighted by Crippen LogP contribution is -2.04. The number of fused-ring (bicyclic) bond motifs is 4. The Morgan fingerprint density at radius 3 is 2.67 bits per heavy atom. The van der Waals surface area contributed by atoms with Crippen molar-refractivity contribution in [1.29, 1.82) is 0 Å². The SMILES string of the molecule is O=C1Sc2c(cc3c([nH]c4ccccc43)c2C(=O)O)C1=O. The summed E-state index contributed by atoms with van der Waals surface area (Å²) in [6.45, 7) is 0. The van der Waals surface area contributed by atoms with Crippen LogP contribution in [0.3, 0.4) is 0 Å². The number of carbonyl (C=O) groups is 3. The van der Waals surface area contributed by atoms with Gasteiger partial charge in [-0.05, 0) is 23.9 Å². The Bertz CT molecular complexity index is 986. The maximum atomic E-state index is 11.9. The zero-order valence-corrected chi connectivity index (χ0v) is 11.3. The Morgan fingerprint density at radius 2 is 1.90 bits per heavy atom. The molecule has 0 atom stereocenters. The molecule has 102 valence electrons. The van der Waals surface area contributed by atoms with Crippen LogP contribution in [0.1, 0.15) is 20.7 Å². The second kappa shape index (κ2) is 3.95. The fourth-order valence-electron chi connectivity index (χ4n) is 2.70. The zero-order valence-electron chi connectivity index (χ0n) is 10.5. The van der Waals surface area contributed by atoms with Crippen molar-refractivity contribution in [2.75, 3.05) is 0 Å². The van der Waals surface area contributed by atoms with Crippen molar-refractivity contribution >= 4 is 50.4 Å². The molecular formula is C15H7NO4S. The van der Waals surface area contributed by atoms with Crippen molar-refractivity contribution in [2.24, 2.45) is 0 Å². The summed E-state index contributed by atoms with van der Waals surface area (Å²) in [5, 5.41) is 10.3. The lowest BCUT2D eigenvalue weighted by molar-refractivity contribution is -0.107. The molecule has 0 spiro atoms. The Morgan fingerprint density at radius 1 is 1.14 bits per heavy atom. The average Bonchev–Trinajstić information content (AvgIpc) is 2.95. The van der Waals surface area contributed by atoms with Gasteiger partial charge in [-0.15, -0.1) is 0 Å². The summed E-state index contributed by atoms with van der Waals surface area (Å²) in [6.07, 6.45) is 0. The van der Waals surface area contributed by atoms with E-state index < -0.39 is 16.9 Å². The zero-order chi connectivity index (χ0) is 14.7. The number of para-hydroxylation sites is 1. The van der Waals surface area contributed by atoms with Crippen molar-refractivity contribution in [1.82, 2.24) is 4.98 Å². The summed E-state index contributed by atoms with van der Waals surface area (Å²) in [5.74, 6) is -1.79. The highest BCUT2D eigenvalue weighted by Gasteiger charge is 2.35. The largest absolute Gasteiger partial charge is 0.478 e. The van der Waals surface area contributed by atoms with Gasteiger partial charge < -0.3 is 10.1 Å². The molecule has 0 fully saturated rings. The Balaban J connectivity index is 2.25. The van der Waals surface area contributed by atoms with E-state index >= 15 is 0 Å². The molecule has 0 aliphatic carbocycles. The van der Waals surface area contributed by atoms with Crippen LogP contribution in [0.25, 0.3) is 21.8 Å². The van der Waals surface area contributed by atoms with Gasteiger partial charge in [0.2, 0.25) is 5.78 Å². The highest BCUT2D eigenvalue weighted by molar-refractivity contribution is 8.16. The number of carboxylic acid groups (broad SMARTS) is 1. The molecule has 0 radical (unpaired) electrons. The van der Waals surface area contributed by atoms with E-state index in [1.54, 1.807) is 6.07 Å². The van der Waals surface area contributed by atoms with Crippen LogP contribution in [0.2, 0.25) is 0 Å². The van der Waals surface area contributed by atoms with Gasteiger partial charge in [0.15, 0.2) is 0 Å². The number of thioether (sulfide) groups is 1. The van der Waals surface area contributed by atoms with Crippen LogP contribution in [-0.2, 0) is 4.79 Å². The van der Waals surface area contributed by atoms with Gasteiger partial charge in [-0.1, -0.05) is 18.2 Å². The first-order chi connectivity index (χ1) is 10.1. The Kier molecular flexibility index (Phi) is 2.29. The predicted octanol–water partition coefficient (Wildman–Crippen LogP) is 2.83.